The number of nitrogens with one attached hydrogen (secondary N) is 2. The monoisotopic (exact) mass is 474 g/mol. The highest BCUT2D eigenvalue weighted by atomic mass is 32.2. The van der Waals surface area contributed by atoms with Gasteiger partial charge in [0, 0.05) is 27.6 Å². The fourth-order valence-electron chi connectivity index (χ4n) is 3.28. The third kappa shape index (κ3) is 6.21. The Morgan fingerprint density at radius 3 is 2.69 bits per heavy atom. The number of carboxylic acid groups (broad SMARTS) is 1. The Hall–Kier alpha value is -3.11. The van der Waals surface area contributed by atoms with E-state index in [1.165, 1.54) is 30.2 Å². The quantitative estimate of drug-likeness (QED) is 0.303. The molecule has 0 saturated heterocycles. The van der Waals surface area contributed by atoms with Crippen LogP contribution in [0, 0.1) is 0 Å². The molecule has 0 bridgehead atoms. The predicted molar refractivity (Wildman–Crippen MR) is 124 cm³/mol. The second-order valence-corrected chi connectivity index (χ2v) is 9.09. The summed E-state index contributed by atoms with van der Waals surface area (Å²) in [6.45, 7) is 0. The molecule has 0 radical (unpaired) electrons. The second kappa shape index (κ2) is 11.0. The van der Waals surface area contributed by atoms with E-state index in [0.29, 0.717) is 16.3 Å². The van der Waals surface area contributed by atoms with Crippen LogP contribution in [0.1, 0.15) is 33.6 Å². The molecule has 0 spiro atoms. The van der Waals surface area contributed by atoms with Crippen molar-refractivity contribution in [3.8, 4) is 0 Å². The first kappa shape index (κ1) is 23.6. The highest BCUT2D eigenvalue weighted by Crippen LogP contribution is 2.38. The molecule has 2 amide bonds. The number of ether oxygens (including phenoxy) is 1. The van der Waals surface area contributed by atoms with Crippen molar-refractivity contribution in [2.45, 2.75) is 30.6 Å². The number of rotatable bonds is 8. The number of benzene rings is 1. The summed E-state index contributed by atoms with van der Waals surface area (Å²) in [4.78, 5) is 48.9. The Balaban J connectivity index is 1.62. The minimum Gasteiger partial charge on any atom is -0.478 e. The molecule has 1 aliphatic rings. The number of amides is 2. The van der Waals surface area contributed by atoms with Gasteiger partial charge in [-0.3, -0.25) is 9.59 Å². The number of aryl methyl sites for hydroxylation is 1. The van der Waals surface area contributed by atoms with Gasteiger partial charge in [0.15, 0.2) is 0 Å². The van der Waals surface area contributed by atoms with Gasteiger partial charge in [0.25, 0.3) is 0 Å². The molecular weight excluding hydrogens is 452 g/mol. The lowest BCUT2D eigenvalue weighted by molar-refractivity contribution is -0.131. The van der Waals surface area contributed by atoms with Crippen LogP contribution >= 0.6 is 23.1 Å². The number of thioether (sulfide) groups is 1. The van der Waals surface area contributed by atoms with E-state index in [1.54, 1.807) is 24.3 Å². The van der Waals surface area contributed by atoms with Gasteiger partial charge in [-0.2, -0.15) is 0 Å². The minimum absolute atomic E-state index is 0.111. The Kier molecular flexibility index (Phi) is 8.07. The van der Waals surface area contributed by atoms with Crippen molar-refractivity contribution in [3.05, 3.63) is 52.4 Å². The van der Waals surface area contributed by atoms with Crippen LogP contribution in [0.25, 0.3) is 0 Å². The third-order valence-corrected chi connectivity index (χ3v) is 6.86. The maximum absolute atomic E-state index is 12.6. The van der Waals surface area contributed by atoms with E-state index in [4.69, 9.17) is 9.84 Å². The number of esters is 1. The first-order chi connectivity index (χ1) is 15.4. The molecule has 168 valence electrons. The number of carbonyl (C=O) groups is 4. The van der Waals surface area contributed by atoms with Crippen molar-refractivity contribution < 1.29 is 29.0 Å². The fourth-order valence-corrected chi connectivity index (χ4v) is 5.33. The van der Waals surface area contributed by atoms with E-state index in [9.17, 15) is 19.2 Å². The van der Waals surface area contributed by atoms with E-state index in [0.717, 1.165) is 53.2 Å². The fraction of sp³-hybridized carbons (Fsp3) is 0.273. The van der Waals surface area contributed by atoms with Gasteiger partial charge in [0.2, 0.25) is 11.8 Å². The maximum atomic E-state index is 12.6. The Morgan fingerprint density at radius 1 is 1.16 bits per heavy atom. The summed E-state index contributed by atoms with van der Waals surface area (Å²) in [6.07, 6.45) is 5.46. The Bertz CT molecular complexity index is 1080. The van der Waals surface area contributed by atoms with Crippen molar-refractivity contribution in [3.63, 3.8) is 0 Å². The van der Waals surface area contributed by atoms with E-state index < -0.39 is 17.8 Å². The molecule has 32 heavy (non-hydrogen) atoms. The van der Waals surface area contributed by atoms with Crippen molar-refractivity contribution >= 4 is 57.5 Å². The van der Waals surface area contributed by atoms with Crippen LogP contribution in [-0.2, 0) is 32.0 Å². The average molecular weight is 475 g/mol. The van der Waals surface area contributed by atoms with Gasteiger partial charge in [0.05, 0.1) is 18.4 Å². The third-order valence-electron chi connectivity index (χ3n) is 4.66. The summed E-state index contributed by atoms with van der Waals surface area (Å²) in [5.41, 5.74) is 1.93. The number of methoxy groups -OCH3 is 1. The summed E-state index contributed by atoms with van der Waals surface area (Å²) >= 11 is 2.71. The van der Waals surface area contributed by atoms with Gasteiger partial charge in [-0.25, -0.2) is 9.59 Å². The normalized spacial score (nSPS) is 12.8. The minimum atomic E-state index is -1.21. The number of thiophene rings is 1. The molecule has 3 N–H and O–H groups in total. The predicted octanol–water partition coefficient (Wildman–Crippen LogP) is 3.72. The number of carboxylic acids is 1. The van der Waals surface area contributed by atoms with Gasteiger partial charge in [-0.1, -0.05) is 6.07 Å². The standard InChI is InChI=1S/C22H22N2O6S2/c1-30-22(29)20-15-7-2-3-8-16(15)32-21(20)24-18(26)12-31-14-6-4-5-13(11-14)23-17(25)9-10-19(27)28/h4-6,9-11H,2-3,7-8,12H2,1H3,(H,23,25)(H,24,26)(H,27,28)/b10-9+. The summed E-state index contributed by atoms with van der Waals surface area (Å²) in [7, 11) is 1.33. The van der Waals surface area contributed by atoms with Crippen LogP contribution < -0.4 is 10.6 Å². The molecule has 2 aromatic rings. The van der Waals surface area contributed by atoms with Crippen LogP contribution in [0.2, 0.25) is 0 Å². The number of hydrogen-bond acceptors (Lipinski definition) is 7. The molecule has 0 atom stereocenters. The number of anilines is 2. The first-order valence-electron chi connectivity index (χ1n) is 9.85. The summed E-state index contributed by atoms with van der Waals surface area (Å²) in [5.74, 6) is -2.36. The zero-order valence-electron chi connectivity index (χ0n) is 17.3. The Morgan fingerprint density at radius 2 is 1.94 bits per heavy atom. The van der Waals surface area contributed by atoms with Crippen molar-refractivity contribution in [2.24, 2.45) is 0 Å². The van der Waals surface area contributed by atoms with Gasteiger partial charge < -0.3 is 20.5 Å². The van der Waals surface area contributed by atoms with Gasteiger partial charge >= 0.3 is 11.9 Å². The molecule has 8 nitrogen and oxygen atoms in total. The summed E-state index contributed by atoms with van der Waals surface area (Å²) < 4.78 is 4.93. The molecule has 1 aliphatic carbocycles. The second-order valence-electron chi connectivity index (χ2n) is 6.93. The van der Waals surface area contributed by atoms with Crippen LogP contribution in [0.15, 0.2) is 41.3 Å². The molecule has 0 aliphatic heterocycles. The van der Waals surface area contributed by atoms with Crippen molar-refractivity contribution in [2.75, 3.05) is 23.5 Å². The van der Waals surface area contributed by atoms with Crippen molar-refractivity contribution in [1.82, 2.24) is 0 Å². The number of fused-ring (bicyclic) bond motifs is 1. The summed E-state index contributed by atoms with van der Waals surface area (Å²) in [6, 6.07) is 6.87. The molecular formula is C22H22N2O6S2. The Labute approximate surface area is 193 Å². The van der Waals surface area contributed by atoms with Crippen molar-refractivity contribution in [1.29, 1.82) is 0 Å². The SMILES string of the molecule is COC(=O)c1c(NC(=O)CSc2cccc(NC(=O)/C=C/C(=O)O)c2)sc2c1CCCC2. The number of aliphatic carboxylic acids is 1. The van der Waals surface area contributed by atoms with E-state index >= 15 is 0 Å². The van der Waals surface area contributed by atoms with E-state index in [2.05, 4.69) is 10.6 Å². The molecule has 10 heteroatoms. The molecule has 1 aromatic carbocycles. The lowest BCUT2D eigenvalue weighted by atomic mass is 9.95. The zero-order valence-corrected chi connectivity index (χ0v) is 18.9. The molecule has 1 heterocycles. The summed E-state index contributed by atoms with van der Waals surface area (Å²) in [5, 5.41) is 14.5. The highest BCUT2D eigenvalue weighted by molar-refractivity contribution is 8.00. The smallest absolute Gasteiger partial charge is 0.341 e. The molecule has 1 aromatic heterocycles. The largest absolute Gasteiger partial charge is 0.478 e. The van der Waals surface area contributed by atoms with E-state index in [-0.39, 0.29) is 11.7 Å². The topological polar surface area (TPSA) is 122 Å². The van der Waals surface area contributed by atoms with Crippen LogP contribution in [0.4, 0.5) is 10.7 Å². The average Bonchev–Trinajstić information content (AvgIpc) is 3.13. The van der Waals surface area contributed by atoms with Crippen LogP contribution in [-0.4, -0.2) is 41.7 Å². The maximum Gasteiger partial charge on any atom is 0.341 e. The van der Waals surface area contributed by atoms with Crippen LogP contribution in [0.3, 0.4) is 0 Å². The van der Waals surface area contributed by atoms with Crippen LogP contribution in [0.5, 0.6) is 0 Å². The van der Waals surface area contributed by atoms with Gasteiger partial charge in [0.1, 0.15) is 5.00 Å². The highest BCUT2D eigenvalue weighted by Gasteiger charge is 2.26. The molecule has 0 fully saturated rings. The number of hydrogen-bond donors (Lipinski definition) is 3. The van der Waals surface area contributed by atoms with Gasteiger partial charge in [-0.05, 0) is 49.4 Å². The molecule has 3 rings (SSSR count). The lowest BCUT2D eigenvalue weighted by Gasteiger charge is -2.11. The molecule has 0 saturated carbocycles. The van der Waals surface area contributed by atoms with Gasteiger partial charge in [-0.15, -0.1) is 23.1 Å². The van der Waals surface area contributed by atoms with E-state index in [1.807, 2.05) is 0 Å². The zero-order chi connectivity index (χ0) is 23.1. The molecule has 0 unspecified atom stereocenters. The first-order valence-corrected chi connectivity index (χ1v) is 11.6. The number of carbonyl (C=O) groups excluding carboxylic acids is 3. The lowest BCUT2D eigenvalue weighted by Crippen LogP contribution is -2.16.